The lowest BCUT2D eigenvalue weighted by atomic mass is 10.0. The van der Waals surface area contributed by atoms with Crippen LogP contribution in [0.3, 0.4) is 0 Å². The average Bonchev–Trinajstić information content (AvgIpc) is 3.06. The molecule has 3 N–H and O–H groups in total. The van der Waals surface area contributed by atoms with Gasteiger partial charge in [-0.05, 0) is 29.7 Å². The number of nitrogens with one attached hydrogen (secondary N) is 1. The van der Waals surface area contributed by atoms with Crippen LogP contribution in [0.5, 0.6) is 0 Å². The van der Waals surface area contributed by atoms with E-state index in [-0.39, 0.29) is 11.8 Å². The summed E-state index contributed by atoms with van der Waals surface area (Å²) < 4.78 is 1.77. The van der Waals surface area contributed by atoms with Gasteiger partial charge in [0.25, 0.3) is 0 Å². The quantitative estimate of drug-likeness (QED) is 0.841. The van der Waals surface area contributed by atoms with E-state index in [1.54, 1.807) is 22.8 Å². The molecule has 7 nitrogen and oxygen atoms in total. The van der Waals surface area contributed by atoms with Gasteiger partial charge in [0, 0.05) is 26.0 Å². The number of nitrogens with zero attached hydrogens (tertiary/aromatic N) is 3. The van der Waals surface area contributed by atoms with Gasteiger partial charge in [-0.15, -0.1) is 0 Å². The molecule has 3 amide bonds. The molecule has 2 aromatic rings. The molecule has 0 aliphatic heterocycles. The molecular formula is C17H23N5O2. The third-order valence-electron chi connectivity index (χ3n) is 3.73. The van der Waals surface area contributed by atoms with Crippen molar-refractivity contribution in [3.05, 3.63) is 48.3 Å². The molecule has 1 heterocycles. The molecule has 0 aliphatic rings. The largest absolute Gasteiger partial charge is 0.352 e. The van der Waals surface area contributed by atoms with Gasteiger partial charge in [0.1, 0.15) is 6.04 Å². The second kappa shape index (κ2) is 7.63. The fourth-order valence-electron chi connectivity index (χ4n) is 2.43. The van der Waals surface area contributed by atoms with E-state index in [1.807, 2.05) is 50.4 Å². The van der Waals surface area contributed by atoms with Crippen LogP contribution in [0.4, 0.5) is 4.79 Å². The smallest absolute Gasteiger partial charge is 0.312 e. The van der Waals surface area contributed by atoms with Crippen molar-refractivity contribution in [3.63, 3.8) is 0 Å². The zero-order valence-electron chi connectivity index (χ0n) is 14.1. The summed E-state index contributed by atoms with van der Waals surface area (Å²) in [6.07, 6.45) is 3.59. The first-order valence-corrected chi connectivity index (χ1v) is 7.78. The molecule has 0 aliphatic carbocycles. The van der Waals surface area contributed by atoms with Crippen molar-refractivity contribution in [1.29, 1.82) is 0 Å². The number of rotatable bonds is 6. The predicted molar refractivity (Wildman–Crippen MR) is 91.4 cm³/mol. The van der Waals surface area contributed by atoms with Crippen LogP contribution in [0.1, 0.15) is 19.4 Å². The van der Waals surface area contributed by atoms with Gasteiger partial charge in [0.2, 0.25) is 5.91 Å². The molecule has 1 aromatic carbocycles. The van der Waals surface area contributed by atoms with E-state index in [4.69, 9.17) is 5.73 Å². The Hall–Kier alpha value is -2.83. The molecule has 128 valence electrons. The van der Waals surface area contributed by atoms with Gasteiger partial charge in [0.05, 0.1) is 5.69 Å². The van der Waals surface area contributed by atoms with Crippen LogP contribution < -0.4 is 11.1 Å². The molecule has 2 rings (SSSR count). The maximum atomic E-state index is 12.5. The molecule has 0 saturated carbocycles. The minimum Gasteiger partial charge on any atom is -0.352 e. The van der Waals surface area contributed by atoms with Crippen molar-refractivity contribution in [2.24, 2.45) is 11.7 Å². The molecule has 0 radical (unpaired) electrons. The number of carbonyl (C=O) groups excluding carboxylic acids is 2. The first-order chi connectivity index (χ1) is 11.4. The van der Waals surface area contributed by atoms with Crippen molar-refractivity contribution >= 4 is 11.9 Å². The molecule has 0 fully saturated rings. The van der Waals surface area contributed by atoms with Crippen molar-refractivity contribution < 1.29 is 9.59 Å². The average molecular weight is 329 g/mol. The summed E-state index contributed by atoms with van der Waals surface area (Å²) in [6, 6.07) is 8.33. The number of aromatic nitrogens is 2. The number of urea groups is 1. The number of primary amides is 1. The Morgan fingerprint density at radius 3 is 2.46 bits per heavy atom. The molecule has 0 spiro atoms. The highest BCUT2D eigenvalue weighted by Gasteiger charge is 2.26. The number of nitrogens with two attached hydrogens (primary N) is 1. The maximum absolute atomic E-state index is 12.5. The standard InChI is InChI=1S/C17H23N5O2/c1-12(2)15(20-17(18)24)16(23)21(3)11-13-5-7-14(8-6-13)22-10-4-9-19-22/h4-10,12,15H,11H2,1-3H3,(H3,18,20,24)/t15-/m0/s1. The summed E-state index contributed by atoms with van der Waals surface area (Å²) in [5.41, 5.74) is 7.10. The normalized spacial score (nSPS) is 12.0. The van der Waals surface area contributed by atoms with Crippen molar-refractivity contribution in [1.82, 2.24) is 20.0 Å². The zero-order valence-corrected chi connectivity index (χ0v) is 14.1. The van der Waals surface area contributed by atoms with Gasteiger partial charge in [-0.2, -0.15) is 5.10 Å². The Morgan fingerprint density at radius 2 is 1.96 bits per heavy atom. The summed E-state index contributed by atoms with van der Waals surface area (Å²) in [7, 11) is 1.71. The van der Waals surface area contributed by atoms with Crippen LogP contribution in [0.15, 0.2) is 42.7 Å². The minimum atomic E-state index is -0.695. The van der Waals surface area contributed by atoms with E-state index in [9.17, 15) is 9.59 Å². The summed E-state index contributed by atoms with van der Waals surface area (Å²) in [6.45, 7) is 4.18. The van der Waals surface area contributed by atoms with Gasteiger partial charge in [0.15, 0.2) is 0 Å². The summed E-state index contributed by atoms with van der Waals surface area (Å²) >= 11 is 0. The van der Waals surface area contributed by atoms with Crippen molar-refractivity contribution in [2.75, 3.05) is 7.05 Å². The van der Waals surface area contributed by atoms with Gasteiger partial charge in [-0.1, -0.05) is 26.0 Å². The number of amides is 3. The highest BCUT2D eigenvalue weighted by molar-refractivity contribution is 5.86. The lowest BCUT2D eigenvalue weighted by molar-refractivity contribution is -0.133. The first kappa shape index (κ1) is 17.5. The SMILES string of the molecule is CC(C)[C@H](NC(N)=O)C(=O)N(C)Cc1ccc(-n2cccn2)cc1. The van der Waals surface area contributed by atoms with E-state index in [1.165, 1.54) is 0 Å². The van der Waals surface area contributed by atoms with Gasteiger partial charge < -0.3 is 16.0 Å². The topological polar surface area (TPSA) is 93.2 Å². The molecule has 0 unspecified atom stereocenters. The van der Waals surface area contributed by atoms with Crippen LogP contribution >= 0.6 is 0 Å². The Labute approximate surface area is 141 Å². The Kier molecular flexibility index (Phi) is 5.57. The van der Waals surface area contributed by atoms with Crippen LogP contribution in [-0.2, 0) is 11.3 Å². The van der Waals surface area contributed by atoms with E-state index in [2.05, 4.69) is 10.4 Å². The van der Waals surface area contributed by atoms with Crippen LogP contribution in [0, 0.1) is 5.92 Å². The fraction of sp³-hybridized carbons (Fsp3) is 0.353. The summed E-state index contributed by atoms with van der Waals surface area (Å²) in [4.78, 5) is 25.2. The second-order valence-corrected chi connectivity index (χ2v) is 6.04. The second-order valence-electron chi connectivity index (χ2n) is 6.04. The molecule has 7 heteroatoms. The van der Waals surface area contributed by atoms with Crippen molar-refractivity contribution in [2.45, 2.75) is 26.4 Å². The number of hydrogen-bond donors (Lipinski definition) is 2. The van der Waals surface area contributed by atoms with Gasteiger partial charge >= 0.3 is 6.03 Å². The van der Waals surface area contributed by atoms with Crippen LogP contribution in [0.25, 0.3) is 5.69 Å². The molecule has 0 bridgehead atoms. The number of likely N-dealkylation sites (N-methyl/N-ethyl adjacent to an activating group) is 1. The molecular weight excluding hydrogens is 306 g/mol. The van der Waals surface area contributed by atoms with Gasteiger partial charge in [-0.3, -0.25) is 4.79 Å². The number of hydrogen-bond acceptors (Lipinski definition) is 3. The third-order valence-corrected chi connectivity index (χ3v) is 3.73. The maximum Gasteiger partial charge on any atom is 0.312 e. The Balaban J connectivity index is 2.03. The molecule has 24 heavy (non-hydrogen) atoms. The lowest BCUT2D eigenvalue weighted by Gasteiger charge is -2.26. The molecule has 1 aromatic heterocycles. The number of benzene rings is 1. The van der Waals surface area contributed by atoms with E-state index in [0.29, 0.717) is 6.54 Å². The highest BCUT2D eigenvalue weighted by Crippen LogP contribution is 2.12. The first-order valence-electron chi connectivity index (χ1n) is 7.78. The minimum absolute atomic E-state index is 0.0466. The lowest BCUT2D eigenvalue weighted by Crippen LogP contribution is -2.51. The zero-order chi connectivity index (χ0) is 17.7. The molecule has 1 atom stereocenters. The fourth-order valence-corrected chi connectivity index (χ4v) is 2.43. The summed E-state index contributed by atoms with van der Waals surface area (Å²) in [5.74, 6) is -0.213. The van der Waals surface area contributed by atoms with Crippen LogP contribution in [0.2, 0.25) is 0 Å². The van der Waals surface area contributed by atoms with E-state index in [0.717, 1.165) is 11.3 Å². The monoisotopic (exact) mass is 329 g/mol. The highest BCUT2D eigenvalue weighted by atomic mass is 16.2. The van der Waals surface area contributed by atoms with Gasteiger partial charge in [-0.25, -0.2) is 9.48 Å². The predicted octanol–water partition coefficient (Wildman–Crippen LogP) is 1.52. The summed E-state index contributed by atoms with van der Waals surface area (Å²) in [5, 5.41) is 6.69. The molecule has 0 saturated heterocycles. The Bertz CT molecular complexity index is 680. The third kappa shape index (κ3) is 4.34. The van der Waals surface area contributed by atoms with Crippen molar-refractivity contribution in [3.8, 4) is 5.69 Å². The Morgan fingerprint density at radius 1 is 1.29 bits per heavy atom. The van der Waals surface area contributed by atoms with Crippen LogP contribution in [-0.4, -0.2) is 39.7 Å². The van der Waals surface area contributed by atoms with E-state index >= 15 is 0 Å². The van der Waals surface area contributed by atoms with E-state index < -0.39 is 12.1 Å². The number of carbonyl (C=O) groups is 2.